The Labute approximate surface area is 131 Å². The monoisotopic (exact) mass is 307 g/mol. The van der Waals surface area contributed by atoms with Gasteiger partial charge in [-0.25, -0.2) is 0 Å². The van der Waals surface area contributed by atoms with Crippen LogP contribution in [0.5, 0.6) is 0 Å². The van der Waals surface area contributed by atoms with Gasteiger partial charge in [-0.15, -0.1) is 0 Å². The van der Waals surface area contributed by atoms with Gasteiger partial charge in [-0.05, 0) is 31.7 Å². The number of carbonyl (C=O) groups is 1. The van der Waals surface area contributed by atoms with E-state index in [2.05, 4.69) is 23.7 Å². The Balaban J connectivity index is 1.64. The Bertz CT molecular complexity index is 530. The first kappa shape index (κ1) is 14.8. The van der Waals surface area contributed by atoms with Gasteiger partial charge in [0, 0.05) is 44.1 Å². The molecule has 21 heavy (non-hydrogen) atoms. The molecule has 1 unspecified atom stereocenters. The minimum absolute atomic E-state index is 0.0240. The number of piperazine rings is 1. The average molecular weight is 308 g/mol. The van der Waals surface area contributed by atoms with Crippen LogP contribution in [0.25, 0.3) is 0 Å². The Morgan fingerprint density at radius 2 is 2.10 bits per heavy atom. The van der Waals surface area contributed by atoms with Crippen molar-refractivity contribution in [1.82, 2.24) is 14.8 Å². The van der Waals surface area contributed by atoms with Crippen LogP contribution in [0.4, 0.5) is 0 Å². The molecule has 1 aliphatic heterocycles. The molecule has 1 atom stereocenters. The SMILES string of the molecule is CC1CC(N2CCN(C(=O)c3ccncc3Cl)CC2C)C1. The Hall–Kier alpha value is -1.13. The average Bonchev–Trinajstić information content (AvgIpc) is 2.44. The number of amides is 1. The fourth-order valence-corrected chi connectivity index (χ4v) is 3.75. The van der Waals surface area contributed by atoms with Crippen molar-refractivity contribution in [2.24, 2.45) is 5.92 Å². The van der Waals surface area contributed by atoms with Gasteiger partial charge in [-0.1, -0.05) is 18.5 Å². The molecule has 1 aliphatic carbocycles. The van der Waals surface area contributed by atoms with E-state index in [4.69, 9.17) is 11.6 Å². The highest BCUT2D eigenvalue weighted by atomic mass is 35.5. The van der Waals surface area contributed by atoms with Gasteiger partial charge in [0.2, 0.25) is 0 Å². The molecule has 2 aliphatic rings. The predicted octanol–water partition coefficient (Wildman–Crippen LogP) is 2.68. The Kier molecular flexibility index (Phi) is 4.18. The molecule has 4 nitrogen and oxygen atoms in total. The maximum Gasteiger partial charge on any atom is 0.255 e. The number of nitrogens with zero attached hydrogens (tertiary/aromatic N) is 3. The molecule has 5 heteroatoms. The summed E-state index contributed by atoms with van der Waals surface area (Å²) in [5.41, 5.74) is 0.560. The van der Waals surface area contributed by atoms with Crippen molar-refractivity contribution in [2.75, 3.05) is 19.6 Å². The van der Waals surface area contributed by atoms with Crippen molar-refractivity contribution in [3.8, 4) is 0 Å². The third-order valence-electron chi connectivity index (χ3n) is 4.79. The third kappa shape index (κ3) is 2.92. The molecule has 1 amide bonds. The van der Waals surface area contributed by atoms with Crippen LogP contribution in [-0.4, -0.2) is 52.4 Å². The summed E-state index contributed by atoms with van der Waals surface area (Å²) in [6.45, 7) is 7.06. The lowest BCUT2D eigenvalue weighted by atomic mass is 9.80. The zero-order valence-corrected chi connectivity index (χ0v) is 13.4. The lowest BCUT2D eigenvalue weighted by Crippen LogP contribution is -2.59. The number of rotatable bonds is 2. The van der Waals surface area contributed by atoms with Crippen molar-refractivity contribution in [2.45, 2.75) is 38.8 Å². The third-order valence-corrected chi connectivity index (χ3v) is 5.09. The lowest BCUT2D eigenvalue weighted by Gasteiger charge is -2.49. The highest BCUT2D eigenvalue weighted by molar-refractivity contribution is 6.33. The molecule has 1 saturated carbocycles. The van der Waals surface area contributed by atoms with Crippen LogP contribution in [-0.2, 0) is 0 Å². The summed E-state index contributed by atoms with van der Waals surface area (Å²) in [4.78, 5) is 21.0. The topological polar surface area (TPSA) is 36.4 Å². The molecular weight excluding hydrogens is 286 g/mol. The van der Waals surface area contributed by atoms with Gasteiger partial charge in [0.1, 0.15) is 0 Å². The van der Waals surface area contributed by atoms with E-state index in [0.29, 0.717) is 16.6 Å². The smallest absolute Gasteiger partial charge is 0.255 e. The van der Waals surface area contributed by atoms with Gasteiger partial charge >= 0.3 is 0 Å². The molecule has 1 aromatic rings. The maximum absolute atomic E-state index is 12.6. The van der Waals surface area contributed by atoms with E-state index >= 15 is 0 Å². The molecule has 1 saturated heterocycles. The van der Waals surface area contributed by atoms with Gasteiger partial charge in [0.05, 0.1) is 10.6 Å². The van der Waals surface area contributed by atoms with E-state index < -0.39 is 0 Å². The zero-order valence-electron chi connectivity index (χ0n) is 12.6. The molecule has 2 heterocycles. The van der Waals surface area contributed by atoms with Crippen molar-refractivity contribution in [3.63, 3.8) is 0 Å². The summed E-state index contributed by atoms with van der Waals surface area (Å²) < 4.78 is 0. The second-order valence-electron chi connectivity index (χ2n) is 6.42. The van der Waals surface area contributed by atoms with Crippen molar-refractivity contribution >= 4 is 17.5 Å². The number of halogens is 1. The van der Waals surface area contributed by atoms with Crippen LogP contribution in [0.1, 0.15) is 37.0 Å². The van der Waals surface area contributed by atoms with Gasteiger partial charge in [-0.3, -0.25) is 14.7 Å². The van der Waals surface area contributed by atoms with E-state index in [-0.39, 0.29) is 5.91 Å². The first-order chi connectivity index (χ1) is 10.1. The van der Waals surface area contributed by atoms with Gasteiger partial charge in [0.15, 0.2) is 0 Å². The summed E-state index contributed by atoms with van der Waals surface area (Å²) in [7, 11) is 0. The molecule has 0 radical (unpaired) electrons. The van der Waals surface area contributed by atoms with Crippen LogP contribution in [0.3, 0.4) is 0 Å². The molecule has 0 aromatic carbocycles. The van der Waals surface area contributed by atoms with E-state index in [0.717, 1.165) is 31.6 Å². The van der Waals surface area contributed by atoms with Crippen LogP contribution in [0.2, 0.25) is 5.02 Å². The second-order valence-corrected chi connectivity index (χ2v) is 6.83. The molecule has 2 fully saturated rings. The highest BCUT2D eigenvalue weighted by Crippen LogP contribution is 2.33. The van der Waals surface area contributed by atoms with Crippen LogP contribution in [0, 0.1) is 5.92 Å². The predicted molar refractivity (Wildman–Crippen MR) is 83.5 cm³/mol. The standard InChI is InChI=1S/C16H22ClN3O/c1-11-7-13(8-11)20-6-5-19(10-12(20)2)16(21)14-3-4-18-9-15(14)17/h3-4,9,11-13H,5-8,10H2,1-2H3. The second kappa shape index (κ2) is 5.93. The van der Waals surface area contributed by atoms with Crippen LogP contribution >= 0.6 is 11.6 Å². The number of hydrogen-bond acceptors (Lipinski definition) is 3. The van der Waals surface area contributed by atoms with Crippen LogP contribution < -0.4 is 0 Å². The van der Waals surface area contributed by atoms with Crippen molar-refractivity contribution in [1.29, 1.82) is 0 Å². The molecular formula is C16H22ClN3O. The molecule has 0 bridgehead atoms. The minimum Gasteiger partial charge on any atom is -0.336 e. The number of carbonyl (C=O) groups excluding carboxylic acids is 1. The van der Waals surface area contributed by atoms with Gasteiger partial charge in [-0.2, -0.15) is 0 Å². The molecule has 3 rings (SSSR count). The fraction of sp³-hybridized carbons (Fsp3) is 0.625. The summed E-state index contributed by atoms with van der Waals surface area (Å²) in [5.74, 6) is 0.883. The normalized spacial score (nSPS) is 30.0. The van der Waals surface area contributed by atoms with Crippen molar-refractivity contribution in [3.05, 3.63) is 29.0 Å². The van der Waals surface area contributed by atoms with E-state index in [1.54, 1.807) is 12.3 Å². The summed E-state index contributed by atoms with van der Waals surface area (Å²) in [6, 6.07) is 2.84. The van der Waals surface area contributed by atoms with E-state index in [1.165, 1.54) is 19.0 Å². The lowest BCUT2D eigenvalue weighted by molar-refractivity contribution is 0.00339. The first-order valence-electron chi connectivity index (χ1n) is 7.70. The summed E-state index contributed by atoms with van der Waals surface area (Å²) in [5, 5.41) is 0.436. The fourth-order valence-electron chi connectivity index (χ4n) is 3.55. The first-order valence-corrected chi connectivity index (χ1v) is 8.08. The molecule has 114 valence electrons. The minimum atomic E-state index is 0.0240. The van der Waals surface area contributed by atoms with Gasteiger partial charge < -0.3 is 4.90 Å². The number of aromatic nitrogens is 1. The van der Waals surface area contributed by atoms with Crippen LogP contribution in [0.15, 0.2) is 18.5 Å². The quantitative estimate of drug-likeness (QED) is 0.843. The summed E-state index contributed by atoms with van der Waals surface area (Å²) >= 11 is 6.08. The Morgan fingerprint density at radius 1 is 1.33 bits per heavy atom. The zero-order chi connectivity index (χ0) is 15.0. The molecule has 1 aromatic heterocycles. The maximum atomic E-state index is 12.6. The highest BCUT2D eigenvalue weighted by Gasteiger charge is 2.37. The van der Waals surface area contributed by atoms with Gasteiger partial charge in [0.25, 0.3) is 5.91 Å². The summed E-state index contributed by atoms with van der Waals surface area (Å²) in [6.07, 6.45) is 5.75. The Morgan fingerprint density at radius 3 is 2.71 bits per heavy atom. The molecule has 0 N–H and O–H groups in total. The molecule has 0 spiro atoms. The van der Waals surface area contributed by atoms with E-state index in [1.807, 2.05) is 4.90 Å². The number of hydrogen-bond donors (Lipinski definition) is 0. The van der Waals surface area contributed by atoms with E-state index in [9.17, 15) is 4.79 Å². The largest absolute Gasteiger partial charge is 0.336 e. The number of pyridine rings is 1. The van der Waals surface area contributed by atoms with Crippen molar-refractivity contribution < 1.29 is 4.79 Å².